The summed E-state index contributed by atoms with van der Waals surface area (Å²) in [7, 11) is 0. The molecule has 0 N–H and O–H groups in total. The highest BCUT2D eigenvalue weighted by Gasteiger charge is 2.28. The van der Waals surface area contributed by atoms with Gasteiger partial charge in [-0.25, -0.2) is 0 Å². The second kappa shape index (κ2) is 2.02. The molecular weight excluding hydrogens is 108 g/mol. The minimum absolute atomic E-state index is 0.153. The van der Waals surface area contributed by atoms with Gasteiger partial charge in [-0.2, -0.15) is 0 Å². The first-order valence-corrected chi connectivity index (χ1v) is 3.44. The van der Waals surface area contributed by atoms with Gasteiger partial charge in [0.15, 0.2) is 0 Å². The molecule has 0 nitrogen and oxygen atoms in total. The first-order chi connectivity index (χ1) is 4.19. The zero-order chi connectivity index (χ0) is 6.91. The van der Waals surface area contributed by atoms with Crippen LogP contribution in [-0.4, -0.2) is 0 Å². The van der Waals surface area contributed by atoms with Crippen LogP contribution in [0, 0.1) is 12.0 Å². The summed E-state index contributed by atoms with van der Waals surface area (Å²) in [5, 5.41) is 0. The van der Waals surface area contributed by atoms with Crippen molar-refractivity contribution in [2.24, 2.45) is 5.41 Å². The minimum Gasteiger partial charge on any atom is -0.102 e. The molecule has 0 heteroatoms. The Balaban J connectivity index is 2.78. The molecule has 1 aliphatic carbocycles. The first-order valence-electron chi connectivity index (χ1n) is 3.44. The molecule has 9 heavy (non-hydrogen) atoms. The summed E-state index contributed by atoms with van der Waals surface area (Å²) >= 11 is 0. The Morgan fingerprint density at radius 2 is 2.44 bits per heavy atom. The monoisotopic (exact) mass is 121 g/mol. The summed E-state index contributed by atoms with van der Waals surface area (Å²) in [6, 6.07) is 0. The van der Waals surface area contributed by atoms with E-state index in [1.807, 2.05) is 6.08 Å². The molecule has 1 saturated carbocycles. The average molecular weight is 121 g/mol. The molecule has 0 bridgehead atoms. The van der Waals surface area contributed by atoms with Gasteiger partial charge in [0.25, 0.3) is 0 Å². The summed E-state index contributed by atoms with van der Waals surface area (Å²) < 4.78 is 0. The molecule has 0 heterocycles. The van der Waals surface area contributed by atoms with Crippen LogP contribution in [0.5, 0.6) is 0 Å². The summed E-state index contributed by atoms with van der Waals surface area (Å²) in [5.41, 5.74) is 1.26. The van der Waals surface area contributed by atoms with Gasteiger partial charge in [0, 0.05) is 5.41 Å². The van der Waals surface area contributed by atoms with Gasteiger partial charge < -0.3 is 0 Å². The third-order valence-electron chi connectivity index (χ3n) is 2.33. The molecule has 0 saturated heterocycles. The van der Waals surface area contributed by atoms with Crippen LogP contribution in [0.4, 0.5) is 0 Å². The summed E-state index contributed by atoms with van der Waals surface area (Å²) in [4.78, 5) is 0. The Morgan fingerprint density at radius 3 is 2.67 bits per heavy atom. The highest BCUT2D eigenvalue weighted by Crippen LogP contribution is 2.41. The Hall–Kier alpha value is -0.520. The van der Waals surface area contributed by atoms with Gasteiger partial charge in [-0.1, -0.05) is 25.2 Å². The molecule has 0 aliphatic heterocycles. The van der Waals surface area contributed by atoms with E-state index in [1.54, 1.807) is 0 Å². The minimum atomic E-state index is 0.153. The first kappa shape index (κ1) is 6.60. The molecule has 0 aromatic heterocycles. The molecule has 1 radical (unpaired) electrons. The predicted molar refractivity (Wildman–Crippen MR) is 40.0 cm³/mol. The summed E-state index contributed by atoms with van der Waals surface area (Å²) in [5.74, 6) is 0. The maximum atomic E-state index is 5.77. The van der Waals surface area contributed by atoms with Crippen molar-refractivity contribution in [2.75, 3.05) is 0 Å². The number of hydrogen-bond acceptors (Lipinski definition) is 0. The smallest absolute Gasteiger partial charge is 0.00630 e. The number of allylic oxidation sites excluding steroid dienone is 2. The van der Waals surface area contributed by atoms with Crippen LogP contribution in [0.15, 0.2) is 18.2 Å². The van der Waals surface area contributed by atoms with Crippen molar-refractivity contribution in [2.45, 2.75) is 26.2 Å². The molecule has 1 fully saturated rings. The normalized spacial score (nSPS) is 35.0. The van der Waals surface area contributed by atoms with E-state index in [9.17, 15) is 0 Å². The Morgan fingerprint density at radius 1 is 1.78 bits per heavy atom. The standard InChI is InChI=1S/C9H13/c1-4-9(3)7-5-6-8(9)2/h2,4H,1,5-7H2,3H3. The molecule has 0 aromatic rings. The lowest BCUT2D eigenvalue weighted by Gasteiger charge is -2.18. The van der Waals surface area contributed by atoms with E-state index in [0.29, 0.717) is 0 Å². The van der Waals surface area contributed by atoms with Crippen molar-refractivity contribution < 1.29 is 0 Å². The Bertz CT molecular complexity index is 144. The fourth-order valence-electron chi connectivity index (χ4n) is 1.33. The largest absolute Gasteiger partial charge is 0.102 e. The molecule has 0 spiro atoms. The zero-order valence-corrected chi connectivity index (χ0v) is 5.98. The quantitative estimate of drug-likeness (QED) is 0.468. The SMILES string of the molecule is [CH]=C1CCCC1(C)C=C. The molecule has 1 unspecified atom stereocenters. The van der Waals surface area contributed by atoms with E-state index in [0.717, 1.165) is 12.0 Å². The summed E-state index contributed by atoms with van der Waals surface area (Å²) in [6.45, 7) is 11.7. The third-order valence-corrected chi connectivity index (χ3v) is 2.33. The van der Waals surface area contributed by atoms with Crippen LogP contribution in [0.1, 0.15) is 26.2 Å². The maximum Gasteiger partial charge on any atom is 0.00630 e. The van der Waals surface area contributed by atoms with Crippen molar-refractivity contribution in [3.8, 4) is 0 Å². The van der Waals surface area contributed by atoms with Crippen molar-refractivity contribution in [3.63, 3.8) is 0 Å². The summed E-state index contributed by atoms with van der Waals surface area (Å²) in [6.07, 6.45) is 5.47. The van der Waals surface area contributed by atoms with Gasteiger partial charge in [-0.15, -0.1) is 6.58 Å². The third kappa shape index (κ3) is 0.937. The van der Waals surface area contributed by atoms with E-state index in [4.69, 9.17) is 6.58 Å². The molecule has 1 rings (SSSR count). The van der Waals surface area contributed by atoms with Gasteiger partial charge in [0.1, 0.15) is 0 Å². The lowest BCUT2D eigenvalue weighted by Crippen LogP contribution is -2.07. The van der Waals surface area contributed by atoms with Gasteiger partial charge in [0.2, 0.25) is 0 Å². The van der Waals surface area contributed by atoms with E-state index in [2.05, 4.69) is 13.5 Å². The predicted octanol–water partition coefficient (Wildman–Crippen LogP) is 2.72. The van der Waals surface area contributed by atoms with Gasteiger partial charge in [0.05, 0.1) is 0 Å². The van der Waals surface area contributed by atoms with Gasteiger partial charge in [-0.05, 0) is 19.3 Å². The highest BCUT2D eigenvalue weighted by atomic mass is 14.3. The second-order valence-electron chi connectivity index (χ2n) is 3.00. The Kier molecular flexibility index (Phi) is 1.48. The van der Waals surface area contributed by atoms with Gasteiger partial charge >= 0.3 is 0 Å². The molecular formula is C9H13. The van der Waals surface area contributed by atoms with E-state index >= 15 is 0 Å². The van der Waals surface area contributed by atoms with Crippen LogP contribution in [-0.2, 0) is 0 Å². The molecule has 1 atom stereocenters. The fourth-order valence-corrected chi connectivity index (χ4v) is 1.33. The molecule has 1 aliphatic rings. The average Bonchev–Trinajstić information content (AvgIpc) is 2.15. The molecule has 0 aromatic carbocycles. The molecule has 49 valence electrons. The van der Waals surface area contributed by atoms with E-state index in [-0.39, 0.29) is 5.41 Å². The Labute approximate surface area is 57.3 Å². The lowest BCUT2D eigenvalue weighted by atomic mass is 9.86. The van der Waals surface area contributed by atoms with Crippen LogP contribution in [0.25, 0.3) is 0 Å². The number of rotatable bonds is 1. The fraction of sp³-hybridized carbons (Fsp3) is 0.556. The maximum absolute atomic E-state index is 5.77. The zero-order valence-electron chi connectivity index (χ0n) is 5.98. The van der Waals surface area contributed by atoms with Crippen LogP contribution < -0.4 is 0 Å². The van der Waals surface area contributed by atoms with Crippen LogP contribution in [0.2, 0.25) is 0 Å². The second-order valence-corrected chi connectivity index (χ2v) is 3.00. The van der Waals surface area contributed by atoms with E-state index in [1.165, 1.54) is 12.8 Å². The van der Waals surface area contributed by atoms with Crippen LogP contribution in [0.3, 0.4) is 0 Å². The van der Waals surface area contributed by atoms with Crippen molar-refractivity contribution in [1.82, 2.24) is 0 Å². The van der Waals surface area contributed by atoms with Crippen LogP contribution >= 0.6 is 0 Å². The lowest BCUT2D eigenvalue weighted by molar-refractivity contribution is 0.532. The topological polar surface area (TPSA) is 0 Å². The van der Waals surface area contributed by atoms with Crippen molar-refractivity contribution >= 4 is 0 Å². The number of hydrogen-bond donors (Lipinski definition) is 0. The van der Waals surface area contributed by atoms with Crippen molar-refractivity contribution in [1.29, 1.82) is 0 Å². The highest BCUT2D eigenvalue weighted by molar-refractivity contribution is 5.18. The van der Waals surface area contributed by atoms with Gasteiger partial charge in [-0.3, -0.25) is 0 Å². The molecule has 0 amide bonds. The van der Waals surface area contributed by atoms with E-state index < -0.39 is 0 Å². The van der Waals surface area contributed by atoms with Crippen molar-refractivity contribution in [3.05, 3.63) is 24.8 Å².